The fourth-order valence-electron chi connectivity index (χ4n) is 2.05. The molecule has 2 aromatic heterocycles. The molecular formula is C15H23N3O. The number of hydrogen-bond acceptors (Lipinski definition) is 3. The first-order valence-electron chi connectivity index (χ1n) is 6.89. The Morgan fingerprint density at radius 1 is 1.37 bits per heavy atom. The van der Waals surface area contributed by atoms with Crippen LogP contribution in [-0.4, -0.2) is 29.1 Å². The maximum absolute atomic E-state index is 5.55. The molecule has 2 heterocycles. The quantitative estimate of drug-likeness (QED) is 0.778. The Morgan fingerprint density at radius 3 is 3.00 bits per heavy atom. The smallest absolute Gasteiger partial charge is 0.137 e. The van der Waals surface area contributed by atoms with Crippen LogP contribution < -0.4 is 5.32 Å². The molecule has 2 rings (SSSR count). The van der Waals surface area contributed by atoms with Gasteiger partial charge in [0.1, 0.15) is 5.65 Å². The number of nitrogens with one attached hydrogen (secondary N) is 1. The first-order chi connectivity index (χ1) is 9.18. The van der Waals surface area contributed by atoms with Crippen molar-refractivity contribution < 1.29 is 4.74 Å². The number of hydrogen-bond donors (Lipinski definition) is 1. The molecule has 0 spiro atoms. The molecule has 1 N–H and O–H groups in total. The topological polar surface area (TPSA) is 38.6 Å². The van der Waals surface area contributed by atoms with Crippen LogP contribution in [0.5, 0.6) is 0 Å². The molecule has 0 aliphatic rings. The van der Waals surface area contributed by atoms with Gasteiger partial charge in [0.25, 0.3) is 0 Å². The maximum atomic E-state index is 5.55. The summed E-state index contributed by atoms with van der Waals surface area (Å²) in [6.07, 6.45) is 2.06. The van der Waals surface area contributed by atoms with E-state index in [2.05, 4.69) is 41.7 Å². The first-order valence-corrected chi connectivity index (χ1v) is 6.89. The number of aryl methyl sites for hydroxylation is 1. The van der Waals surface area contributed by atoms with Gasteiger partial charge in [0, 0.05) is 25.9 Å². The predicted octanol–water partition coefficient (Wildman–Crippen LogP) is 2.40. The lowest BCUT2D eigenvalue weighted by Gasteiger charge is -2.08. The largest absolute Gasteiger partial charge is 0.380 e. The van der Waals surface area contributed by atoms with E-state index in [1.807, 2.05) is 18.2 Å². The Kier molecular flexibility index (Phi) is 4.93. The van der Waals surface area contributed by atoms with Crippen molar-refractivity contribution in [2.45, 2.75) is 27.3 Å². The van der Waals surface area contributed by atoms with E-state index in [4.69, 9.17) is 4.74 Å². The summed E-state index contributed by atoms with van der Waals surface area (Å²) in [5, 5.41) is 3.41. The van der Waals surface area contributed by atoms with Crippen LogP contribution in [0.4, 0.5) is 0 Å². The zero-order valence-electron chi connectivity index (χ0n) is 12.0. The molecule has 19 heavy (non-hydrogen) atoms. The molecule has 4 heteroatoms. The Balaban J connectivity index is 1.83. The van der Waals surface area contributed by atoms with E-state index in [9.17, 15) is 0 Å². The highest BCUT2D eigenvalue weighted by Gasteiger charge is 2.06. The summed E-state index contributed by atoms with van der Waals surface area (Å²) in [5.41, 5.74) is 3.31. The van der Waals surface area contributed by atoms with Crippen LogP contribution in [0.3, 0.4) is 0 Å². The van der Waals surface area contributed by atoms with Gasteiger partial charge in [0.2, 0.25) is 0 Å². The molecule has 2 aromatic rings. The fraction of sp³-hybridized carbons (Fsp3) is 0.533. The minimum absolute atomic E-state index is 0.598. The second-order valence-corrected chi connectivity index (χ2v) is 5.22. The van der Waals surface area contributed by atoms with Crippen LogP contribution in [0.25, 0.3) is 5.65 Å². The molecule has 4 nitrogen and oxygen atoms in total. The third-order valence-electron chi connectivity index (χ3n) is 3.00. The monoisotopic (exact) mass is 261 g/mol. The molecule has 0 aliphatic carbocycles. The van der Waals surface area contributed by atoms with Gasteiger partial charge in [-0.05, 0) is 25.0 Å². The number of ether oxygens (including phenoxy) is 1. The number of fused-ring (bicyclic) bond motifs is 1. The number of imidazole rings is 1. The Bertz CT molecular complexity index is 519. The van der Waals surface area contributed by atoms with Gasteiger partial charge in [-0.25, -0.2) is 4.98 Å². The van der Waals surface area contributed by atoms with Crippen molar-refractivity contribution in [1.82, 2.24) is 14.7 Å². The van der Waals surface area contributed by atoms with Gasteiger partial charge < -0.3 is 14.5 Å². The van der Waals surface area contributed by atoms with Crippen molar-refractivity contribution in [3.63, 3.8) is 0 Å². The van der Waals surface area contributed by atoms with Crippen molar-refractivity contribution in [3.8, 4) is 0 Å². The average molecular weight is 261 g/mol. The van der Waals surface area contributed by atoms with Gasteiger partial charge in [-0.2, -0.15) is 0 Å². The third kappa shape index (κ3) is 3.78. The predicted molar refractivity (Wildman–Crippen MR) is 77.3 cm³/mol. The lowest BCUT2D eigenvalue weighted by Crippen LogP contribution is -2.21. The Morgan fingerprint density at radius 2 is 2.21 bits per heavy atom. The fourth-order valence-corrected chi connectivity index (χ4v) is 2.05. The second-order valence-electron chi connectivity index (χ2n) is 5.22. The molecule has 0 bridgehead atoms. The van der Waals surface area contributed by atoms with E-state index in [-0.39, 0.29) is 0 Å². The highest BCUT2D eigenvalue weighted by molar-refractivity contribution is 5.42. The average Bonchev–Trinajstić information content (AvgIpc) is 2.69. The summed E-state index contributed by atoms with van der Waals surface area (Å²) in [4.78, 5) is 4.54. The SMILES string of the molecule is Cc1nc2ccccn2c1CNCCOCC(C)C. The molecule has 0 amide bonds. The molecule has 0 saturated carbocycles. The van der Waals surface area contributed by atoms with Crippen molar-refractivity contribution in [1.29, 1.82) is 0 Å². The molecule has 0 saturated heterocycles. The van der Waals surface area contributed by atoms with E-state index in [0.29, 0.717) is 5.92 Å². The van der Waals surface area contributed by atoms with Crippen molar-refractivity contribution in [2.75, 3.05) is 19.8 Å². The van der Waals surface area contributed by atoms with E-state index in [1.54, 1.807) is 0 Å². The molecule has 0 aromatic carbocycles. The summed E-state index contributed by atoms with van der Waals surface area (Å²) in [5.74, 6) is 0.598. The first kappa shape index (κ1) is 14.0. The van der Waals surface area contributed by atoms with Gasteiger partial charge in [0.15, 0.2) is 0 Å². The molecule has 0 radical (unpaired) electrons. The van der Waals surface area contributed by atoms with Crippen LogP contribution in [0.1, 0.15) is 25.2 Å². The number of pyridine rings is 1. The lowest BCUT2D eigenvalue weighted by molar-refractivity contribution is 0.111. The van der Waals surface area contributed by atoms with E-state index < -0.39 is 0 Å². The van der Waals surface area contributed by atoms with Crippen LogP contribution in [-0.2, 0) is 11.3 Å². The van der Waals surface area contributed by atoms with Gasteiger partial charge >= 0.3 is 0 Å². The third-order valence-corrected chi connectivity index (χ3v) is 3.00. The second kappa shape index (κ2) is 6.68. The molecule has 104 valence electrons. The summed E-state index contributed by atoms with van der Waals surface area (Å²) >= 11 is 0. The zero-order valence-corrected chi connectivity index (χ0v) is 12.0. The van der Waals surface area contributed by atoms with Gasteiger partial charge in [0.05, 0.1) is 18.0 Å². The number of aromatic nitrogens is 2. The van der Waals surface area contributed by atoms with Crippen LogP contribution >= 0.6 is 0 Å². The van der Waals surface area contributed by atoms with E-state index in [1.165, 1.54) is 5.69 Å². The van der Waals surface area contributed by atoms with Gasteiger partial charge in [-0.15, -0.1) is 0 Å². The van der Waals surface area contributed by atoms with Crippen LogP contribution in [0.2, 0.25) is 0 Å². The Hall–Kier alpha value is -1.39. The maximum Gasteiger partial charge on any atom is 0.137 e. The van der Waals surface area contributed by atoms with E-state index >= 15 is 0 Å². The molecular weight excluding hydrogens is 238 g/mol. The molecule has 0 unspecified atom stereocenters. The van der Waals surface area contributed by atoms with E-state index in [0.717, 1.165) is 37.6 Å². The summed E-state index contributed by atoms with van der Waals surface area (Å²) in [7, 11) is 0. The van der Waals surface area contributed by atoms with Crippen molar-refractivity contribution >= 4 is 5.65 Å². The van der Waals surface area contributed by atoms with Crippen LogP contribution in [0, 0.1) is 12.8 Å². The minimum atomic E-state index is 0.598. The number of rotatable bonds is 7. The normalized spacial score (nSPS) is 11.6. The number of nitrogens with zero attached hydrogens (tertiary/aromatic N) is 2. The van der Waals surface area contributed by atoms with Gasteiger partial charge in [-0.3, -0.25) is 0 Å². The van der Waals surface area contributed by atoms with Gasteiger partial charge in [-0.1, -0.05) is 19.9 Å². The van der Waals surface area contributed by atoms with Crippen LogP contribution in [0.15, 0.2) is 24.4 Å². The highest BCUT2D eigenvalue weighted by atomic mass is 16.5. The van der Waals surface area contributed by atoms with Crippen molar-refractivity contribution in [3.05, 3.63) is 35.8 Å². The summed E-state index contributed by atoms with van der Waals surface area (Å²) in [6, 6.07) is 6.07. The van der Waals surface area contributed by atoms with Crippen molar-refractivity contribution in [2.24, 2.45) is 5.92 Å². The Labute approximate surface area is 114 Å². The standard InChI is InChI=1S/C15H23N3O/c1-12(2)11-19-9-7-16-10-14-13(3)17-15-6-4-5-8-18(14)15/h4-6,8,12,16H,7,9-11H2,1-3H3. The molecule has 0 fully saturated rings. The lowest BCUT2D eigenvalue weighted by atomic mass is 10.2. The summed E-state index contributed by atoms with van der Waals surface area (Å²) in [6.45, 7) is 9.66. The highest BCUT2D eigenvalue weighted by Crippen LogP contribution is 2.11. The zero-order chi connectivity index (χ0) is 13.7. The molecule has 0 atom stereocenters. The minimum Gasteiger partial charge on any atom is -0.380 e. The summed E-state index contributed by atoms with van der Waals surface area (Å²) < 4.78 is 7.68. The molecule has 0 aliphatic heterocycles.